The molecule has 6 heteroatoms. The highest BCUT2D eigenvalue weighted by Gasteiger charge is 2.18. The molecule has 0 unspecified atom stereocenters. The number of nitrogens with one attached hydrogen (secondary N) is 2. The van der Waals surface area contributed by atoms with Crippen molar-refractivity contribution in [2.45, 2.75) is 52.4 Å². The summed E-state index contributed by atoms with van der Waals surface area (Å²) in [7, 11) is 0. The van der Waals surface area contributed by atoms with Crippen LogP contribution in [0.1, 0.15) is 52.4 Å². The summed E-state index contributed by atoms with van der Waals surface area (Å²) in [5.41, 5.74) is 0. The average Bonchev–Trinajstić information content (AvgIpc) is 2.70. The number of aliphatic imine (C=N–C) groups is 1. The first-order valence-corrected chi connectivity index (χ1v) is 11.2. The van der Waals surface area contributed by atoms with E-state index in [0.29, 0.717) is 5.92 Å². The molecule has 0 spiro atoms. The lowest BCUT2D eigenvalue weighted by atomic mass is 9.97. The predicted octanol–water partition coefficient (Wildman–Crippen LogP) is 2.50. The van der Waals surface area contributed by atoms with Crippen LogP contribution < -0.4 is 10.6 Å². The van der Waals surface area contributed by atoms with Gasteiger partial charge < -0.3 is 25.0 Å². The fourth-order valence-electron chi connectivity index (χ4n) is 3.82. The van der Waals surface area contributed by atoms with E-state index in [2.05, 4.69) is 29.4 Å². The maximum absolute atomic E-state index is 5.84. The van der Waals surface area contributed by atoms with Crippen molar-refractivity contribution in [2.75, 3.05) is 65.7 Å². The molecule has 6 nitrogen and oxygen atoms in total. The molecule has 0 aromatic rings. The van der Waals surface area contributed by atoms with Crippen LogP contribution in [-0.4, -0.2) is 76.6 Å². The number of hydrogen-bond donors (Lipinski definition) is 2. The van der Waals surface area contributed by atoms with Gasteiger partial charge in [-0.15, -0.1) is 0 Å². The quantitative estimate of drug-likeness (QED) is 0.327. The summed E-state index contributed by atoms with van der Waals surface area (Å²) in [5.74, 6) is 2.38. The predicted molar refractivity (Wildman–Crippen MR) is 112 cm³/mol. The largest absolute Gasteiger partial charge is 0.381 e. The van der Waals surface area contributed by atoms with Crippen LogP contribution in [0.25, 0.3) is 0 Å². The Hall–Kier alpha value is -0.850. The molecule has 2 aliphatic rings. The van der Waals surface area contributed by atoms with Crippen molar-refractivity contribution < 1.29 is 9.47 Å². The van der Waals surface area contributed by atoms with E-state index in [4.69, 9.17) is 14.5 Å². The van der Waals surface area contributed by atoms with Gasteiger partial charge in [0.05, 0.1) is 0 Å². The standard InChI is InChI=1S/C21H42N4O2/c1-3-11-25-12-6-19(7-13-25)17-24-21(22-4-2)23-10-5-14-27-18-20-8-15-26-16-9-20/h19-20H,3-18H2,1-2H3,(H2,22,23,24). The molecule has 2 saturated heterocycles. The van der Waals surface area contributed by atoms with Gasteiger partial charge in [0.1, 0.15) is 0 Å². The Morgan fingerprint density at radius 2 is 1.85 bits per heavy atom. The molecule has 0 aromatic heterocycles. The molecular formula is C21H42N4O2. The topological polar surface area (TPSA) is 58.1 Å². The number of ether oxygens (including phenoxy) is 2. The third-order valence-corrected chi connectivity index (χ3v) is 5.55. The van der Waals surface area contributed by atoms with Gasteiger partial charge in [0.25, 0.3) is 0 Å². The summed E-state index contributed by atoms with van der Waals surface area (Å²) in [6.07, 6.45) is 7.13. The summed E-state index contributed by atoms with van der Waals surface area (Å²) in [6.45, 7) is 14.4. The first-order valence-electron chi connectivity index (χ1n) is 11.2. The zero-order valence-electron chi connectivity index (χ0n) is 17.7. The van der Waals surface area contributed by atoms with Crippen LogP contribution in [0.2, 0.25) is 0 Å². The van der Waals surface area contributed by atoms with E-state index in [9.17, 15) is 0 Å². The molecular weight excluding hydrogens is 340 g/mol. The van der Waals surface area contributed by atoms with Gasteiger partial charge in [-0.2, -0.15) is 0 Å². The Balaban J connectivity index is 1.55. The van der Waals surface area contributed by atoms with Gasteiger partial charge in [0.15, 0.2) is 5.96 Å². The molecule has 0 aliphatic carbocycles. The molecule has 2 rings (SSSR count). The second kappa shape index (κ2) is 14.2. The summed E-state index contributed by atoms with van der Waals surface area (Å²) >= 11 is 0. The highest BCUT2D eigenvalue weighted by molar-refractivity contribution is 5.79. The van der Waals surface area contributed by atoms with Crippen molar-refractivity contribution in [1.82, 2.24) is 15.5 Å². The number of piperidine rings is 1. The fraction of sp³-hybridized carbons (Fsp3) is 0.952. The van der Waals surface area contributed by atoms with E-state index in [1.165, 1.54) is 38.9 Å². The highest BCUT2D eigenvalue weighted by Crippen LogP contribution is 2.17. The van der Waals surface area contributed by atoms with Crippen molar-refractivity contribution in [2.24, 2.45) is 16.8 Å². The minimum atomic E-state index is 0.689. The molecule has 0 atom stereocenters. The third-order valence-electron chi connectivity index (χ3n) is 5.55. The minimum absolute atomic E-state index is 0.689. The van der Waals surface area contributed by atoms with E-state index in [-0.39, 0.29) is 0 Å². The zero-order valence-corrected chi connectivity index (χ0v) is 17.7. The first-order chi connectivity index (χ1) is 13.3. The number of hydrogen-bond acceptors (Lipinski definition) is 4. The second-order valence-corrected chi connectivity index (χ2v) is 7.92. The van der Waals surface area contributed by atoms with Crippen molar-refractivity contribution >= 4 is 5.96 Å². The van der Waals surface area contributed by atoms with E-state index >= 15 is 0 Å². The van der Waals surface area contributed by atoms with Crippen LogP contribution >= 0.6 is 0 Å². The molecule has 2 heterocycles. The van der Waals surface area contributed by atoms with Gasteiger partial charge in [-0.1, -0.05) is 6.92 Å². The van der Waals surface area contributed by atoms with E-state index in [1.807, 2.05) is 0 Å². The van der Waals surface area contributed by atoms with Crippen LogP contribution in [0.3, 0.4) is 0 Å². The fourth-order valence-corrected chi connectivity index (χ4v) is 3.82. The Bertz CT molecular complexity index is 392. The van der Waals surface area contributed by atoms with Crippen molar-refractivity contribution in [3.8, 4) is 0 Å². The summed E-state index contributed by atoms with van der Waals surface area (Å²) in [4.78, 5) is 7.41. The van der Waals surface area contributed by atoms with Crippen molar-refractivity contribution in [3.63, 3.8) is 0 Å². The smallest absolute Gasteiger partial charge is 0.191 e. The number of likely N-dealkylation sites (tertiary alicyclic amines) is 1. The van der Waals surface area contributed by atoms with Crippen LogP contribution in [0, 0.1) is 11.8 Å². The second-order valence-electron chi connectivity index (χ2n) is 7.92. The Morgan fingerprint density at radius 3 is 2.56 bits per heavy atom. The minimum Gasteiger partial charge on any atom is -0.381 e. The van der Waals surface area contributed by atoms with E-state index in [0.717, 1.165) is 77.2 Å². The molecule has 0 bridgehead atoms. The Labute approximate surface area is 166 Å². The van der Waals surface area contributed by atoms with Crippen molar-refractivity contribution in [3.05, 3.63) is 0 Å². The van der Waals surface area contributed by atoms with Gasteiger partial charge in [-0.05, 0) is 76.9 Å². The maximum Gasteiger partial charge on any atom is 0.191 e. The summed E-state index contributed by atoms with van der Waals surface area (Å²) in [6, 6.07) is 0. The van der Waals surface area contributed by atoms with Gasteiger partial charge in [-0.25, -0.2) is 0 Å². The molecule has 2 aliphatic heterocycles. The average molecular weight is 383 g/mol. The molecule has 2 N–H and O–H groups in total. The van der Waals surface area contributed by atoms with Crippen LogP contribution in [0.5, 0.6) is 0 Å². The third kappa shape index (κ3) is 9.77. The monoisotopic (exact) mass is 382 g/mol. The van der Waals surface area contributed by atoms with Crippen molar-refractivity contribution in [1.29, 1.82) is 0 Å². The van der Waals surface area contributed by atoms with Crippen LogP contribution in [0.4, 0.5) is 0 Å². The number of rotatable bonds is 11. The molecule has 0 aromatic carbocycles. The normalized spacial score (nSPS) is 20.7. The Kier molecular flexibility index (Phi) is 11.8. The van der Waals surface area contributed by atoms with Crippen LogP contribution in [0.15, 0.2) is 4.99 Å². The number of guanidine groups is 1. The highest BCUT2D eigenvalue weighted by atomic mass is 16.5. The molecule has 0 saturated carbocycles. The van der Waals surface area contributed by atoms with E-state index < -0.39 is 0 Å². The number of nitrogens with zero attached hydrogens (tertiary/aromatic N) is 2. The summed E-state index contributed by atoms with van der Waals surface area (Å²) in [5, 5.41) is 6.82. The molecule has 0 radical (unpaired) electrons. The lowest BCUT2D eigenvalue weighted by Gasteiger charge is -2.31. The molecule has 0 amide bonds. The lowest BCUT2D eigenvalue weighted by Crippen LogP contribution is -2.39. The van der Waals surface area contributed by atoms with Gasteiger partial charge >= 0.3 is 0 Å². The SMILES string of the molecule is CCCN1CCC(CN=C(NCC)NCCCOCC2CCOCC2)CC1. The first kappa shape index (κ1) is 22.4. The Morgan fingerprint density at radius 1 is 1.07 bits per heavy atom. The summed E-state index contributed by atoms with van der Waals surface area (Å²) < 4.78 is 11.2. The lowest BCUT2D eigenvalue weighted by molar-refractivity contribution is 0.0203. The van der Waals surface area contributed by atoms with Gasteiger partial charge in [0, 0.05) is 46.1 Å². The maximum atomic E-state index is 5.84. The van der Waals surface area contributed by atoms with Gasteiger partial charge in [0.2, 0.25) is 0 Å². The zero-order chi connectivity index (χ0) is 19.2. The van der Waals surface area contributed by atoms with Gasteiger partial charge in [-0.3, -0.25) is 4.99 Å². The molecule has 158 valence electrons. The van der Waals surface area contributed by atoms with E-state index in [1.54, 1.807) is 0 Å². The van der Waals surface area contributed by atoms with Crippen LogP contribution in [-0.2, 0) is 9.47 Å². The molecule has 27 heavy (non-hydrogen) atoms. The molecule has 2 fully saturated rings.